The van der Waals surface area contributed by atoms with E-state index in [-0.39, 0.29) is 17.6 Å². The maximum Gasteiger partial charge on any atom is 0.253 e. The molecule has 0 radical (unpaired) electrons. The van der Waals surface area contributed by atoms with Crippen LogP contribution in [0.5, 0.6) is 0 Å². The van der Waals surface area contributed by atoms with Gasteiger partial charge in [-0.2, -0.15) is 0 Å². The van der Waals surface area contributed by atoms with E-state index in [4.69, 9.17) is 34.8 Å². The van der Waals surface area contributed by atoms with E-state index in [0.717, 1.165) is 0 Å². The molecule has 0 aliphatic heterocycles. The van der Waals surface area contributed by atoms with E-state index in [9.17, 15) is 9.59 Å². The SMILES string of the molecule is C=CCn1c(SCC(=O)Nc2cc(Cl)ccc2Cl)nnc1[C@@H](C)NC(=O)c1ccccc1Cl. The number of thioether (sulfide) groups is 1. The molecule has 3 aromatic rings. The molecular weight excluding hydrogens is 505 g/mol. The molecule has 0 spiro atoms. The number of carbonyl (C=O) groups is 2. The van der Waals surface area contributed by atoms with E-state index in [2.05, 4.69) is 27.4 Å². The summed E-state index contributed by atoms with van der Waals surface area (Å²) >= 11 is 19.4. The Morgan fingerprint density at radius 2 is 1.91 bits per heavy atom. The molecule has 172 valence electrons. The van der Waals surface area contributed by atoms with Crippen LogP contribution in [-0.4, -0.2) is 32.3 Å². The van der Waals surface area contributed by atoms with Crippen molar-refractivity contribution in [1.82, 2.24) is 20.1 Å². The lowest BCUT2D eigenvalue weighted by atomic mass is 10.2. The van der Waals surface area contributed by atoms with Crippen LogP contribution in [0.25, 0.3) is 0 Å². The van der Waals surface area contributed by atoms with Crippen molar-refractivity contribution in [3.05, 3.63) is 81.6 Å². The lowest BCUT2D eigenvalue weighted by Crippen LogP contribution is -2.29. The van der Waals surface area contributed by atoms with Crippen LogP contribution < -0.4 is 10.6 Å². The van der Waals surface area contributed by atoms with Gasteiger partial charge in [-0.3, -0.25) is 9.59 Å². The van der Waals surface area contributed by atoms with Crippen molar-refractivity contribution in [2.75, 3.05) is 11.1 Å². The Morgan fingerprint density at radius 3 is 2.64 bits per heavy atom. The molecule has 0 saturated heterocycles. The highest BCUT2D eigenvalue weighted by Crippen LogP contribution is 2.26. The number of carbonyl (C=O) groups excluding carboxylic acids is 2. The third kappa shape index (κ3) is 6.51. The van der Waals surface area contributed by atoms with Gasteiger partial charge in [0.25, 0.3) is 5.91 Å². The first kappa shape index (κ1) is 25.1. The zero-order valence-electron chi connectivity index (χ0n) is 17.5. The number of nitrogens with one attached hydrogen (secondary N) is 2. The molecule has 0 unspecified atom stereocenters. The van der Waals surface area contributed by atoms with Crippen molar-refractivity contribution < 1.29 is 9.59 Å². The summed E-state index contributed by atoms with van der Waals surface area (Å²) < 4.78 is 1.79. The molecule has 0 saturated carbocycles. The van der Waals surface area contributed by atoms with Gasteiger partial charge in [0.1, 0.15) is 0 Å². The van der Waals surface area contributed by atoms with E-state index in [0.29, 0.717) is 43.8 Å². The highest BCUT2D eigenvalue weighted by molar-refractivity contribution is 7.99. The highest BCUT2D eigenvalue weighted by Gasteiger charge is 2.21. The van der Waals surface area contributed by atoms with Crippen LogP contribution in [0.4, 0.5) is 5.69 Å². The monoisotopic (exact) mass is 523 g/mol. The fourth-order valence-electron chi connectivity index (χ4n) is 2.92. The molecule has 3 rings (SSSR count). The van der Waals surface area contributed by atoms with Gasteiger partial charge in [-0.1, -0.05) is 64.8 Å². The topological polar surface area (TPSA) is 88.9 Å². The summed E-state index contributed by atoms with van der Waals surface area (Å²) in [5, 5.41) is 15.7. The number of allylic oxidation sites excluding steroid dienone is 1. The minimum atomic E-state index is -0.463. The minimum Gasteiger partial charge on any atom is -0.342 e. The predicted octanol–water partition coefficient (Wildman–Crippen LogP) is 5.65. The van der Waals surface area contributed by atoms with Gasteiger partial charge in [-0.05, 0) is 37.3 Å². The summed E-state index contributed by atoms with van der Waals surface area (Å²) in [4.78, 5) is 25.0. The number of hydrogen-bond donors (Lipinski definition) is 2. The number of anilines is 1. The summed E-state index contributed by atoms with van der Waals surface area (Å²) in [6, 6.07) is 11.1. The molecule has 0 aliphatic rings. The molecular formula is C22H20Cl3N5O2S. The zero-order chi connectivity index (χ0) is 24.0. The molecule has 7 nitrogen and oxygen atoms in total. The van der Waals surface area contributed by atoms with Gasteiger partial charge in [-0.25, -0.2) is 0 Å². The van der Waals surface area contributed by atoms with Crippen LogP contribution in [0.15, 0.2) is 60.3 Å². The van der Waals surface area contributed by atoms with Gasteiger partial charge in [-0.15, -0.1) is 16.8 Å². The molecule has 0 fully saturated rings. The minimum absolute atomic E-state index is 0.0679. The van der Waals surface area contributed by atoms with Crippen molar-refractivity contribution >= 4 is 64.1 Å². The largest absolute Gasteiger partial charge is 0.342 e. The van der Waals surface area contributed by atoms with Gasteiger partial charge in [0.2, 0.25) is 5.91 Å². The van der Waals surface area contributed by atoms with Crippen molar-refractivity contribution in [2.24, 2.45) is 0 Å². The van der Waals surface area contributed by atoms with Gasteiger partial charge in [0.05, 0.1) is 33.1 Å². The standard InChI is InChI=1S/C22H20Cl3N5O2S/c1-3-10-30-20(13(2)26-21(32)15-6-4-5-7-16(15)24)28-29-22(30)33-12-19(31)27-18-11-14(23)8-9-17(18)25/h3-9,11,13H,1,10,12H2,2H3,(H,26,32)(H,27,31)/t13-/m1/s1. The number of aromatic nitrogens is 3. The normalized spacial score (nSPS) is 11.6. The number of nitrogens with zero attached hydrogens (tertiary/aromatic N) is 3. The van der Waals surface area contributed by atoms with Gasteiger partial charge in [0, 0.05) is 11.6 Å². The van der Waals surface area contributed by atoms with Crippen molar-refractivity contribution in [2.45, 2.75) is 24.7 Å². The van der Waals surface area contributed by atoms with Crippen LogP contribution in [0.2, 0.25) is 15.1 Å². The quantitative estimate of drug-likeness (QED) is 0.279. The van der Waals surface area contributed by atoms with Crippen LogP contribution in [0.3, 0.4) is 0 Å². The van der Waals surface area contributed by atoms with Crippen LogP contribution in [0.1, 0.15) is 29.1 Å². The number of benzene rings is 2. The fourth-order valence-corrected chi connectivity index (χ4v) is 4.24. The Kier molecular flexibility index (Phi) is 8.80. The zero-order valence-corrected chi connectivity index (χ0v) is 20.6. The van der Waals surface area contributed by atoms with E-state index in [1.165, 1.54) is 11.8 Å². The molecule has 2 amide bonds. The Labute approximate surface area is 210 Å². The Balaban J connectivity index is 1.69. The maximum atomic E-state index is 12.6. The van der Waals surface area contributed by atoms with E-state index >= 15 is 0 Å². The molecule has 2 N–H and O–H groups in total. The molecule has 1 aromatic heterocycles. The Morgan fingerprint density at radius 1 is 1.15 bits per heavy atom. The summed E-state index contributed by atoms with van der Waals surface area (Å²) in [6.07, 6.45) is 1.69. The molecule has 1 atom stereocenters. The highest BCUT2D eigenvalue weighted by atomic mass is 35.5. The average Bonchev–Trinajstić information content (AvgIpc) is 3.18. The third-order valence-corrected chi connectivity index (χ3v) is 6.31. The van der Waals surface area contributed by atoms with Gasteiger partial charge in [0.15, 0.2) is 11.0 Å². The lowest BCUT2D eigenvalue weighted by molar-refractivity contribution is -0.113. The number of halogens is 3. The van der Waals surface area contributed by atoms with Gasteiger partial charge < -0.3 is 15.2 Å². The first-order chi connectivity index (χ1) is 15.8. The second-order valence-electron chi connectivity index (χ2n) is 6.88. The molecule has 11 heteroatoms. The molecule has 2 aromatic carbocycles. The van der Waals surface area contributed by atoms with Crippen LogP contribution in [0, 0.1) is 0 Å². The number of amides is 2. The first-order valence-corrected chi connectivity index (χ1v) is 11.9. The van der Waals surface area contributed by atoms with Gasteiger partial charge >= 0.3 is 0 Å². The Hall–Kier alpha value is -2.52. The summed E-state index contributed by atoms with van der Waals surface area (Å²) in [7, 11) is 0. The summed E-state index contributed by atoms with van der Waals surface area (Å²) in [5.41, 5.74) is 0.797. The van der Waals surface area contributed by atoms with Crippen LogP contribution in [-0.2, 0) is 11.3 Å². The number of rotatable bonds is 9. The third-order valence-electron chi connectivity index (χ3n) is 4.45. The smallest absolute Gasteiger partial charge is 0.253 e. The van der Waals surface area contributed by atoms with Crippen LogP contribution >= 0.6 is 46.6 Å². The second kappa shape index (κ2) is 11.6. The molecule has 1 heterocycles. The molecule has 0 bridgehead atoms. The van der Waals surface area contributed by atoms with Crippen molar-refractivity contribution in [3.8, 4) is 0 Å². The lowest BCUT2D eigenvalue weighted by Gasteiger charge is -2.15. The van der Waals surface area contributed by atoms with Crippen molar-refractivity contribution in [1.29, 1.82) is 0 Å². The average molecular weight is 525 g/mol. The predicted molar refractivity (Wildman–Crippen MR) is 133 cm³/mol. The Bertz CT molecular complexity index is 1180. The molecule has 0 aliphatic carbocycles. The summed E-state index contributed by atoms with van der Waals surface area (Å²) in [6.45, 7) is 5.96. The maximum absolute atomic E-state index is 12.6. The van der Waals surface area contributed by atoms with E-state index < -0.39 is 6.04 Å². The van der Waals surface area contributed by atoms with E-state index in [1.807, 2.05) is 0 Å². The first-order valence-electron chi connectivity index (χ1n) is 9.77. The number of hydrogen-bond acceptors (Lipinski definition) is 5. The summed E-state index contributed by atoms with van der Waals surface area (Å²) in [5.74, 6) is -0.0124. The van der Waals surface area contributed by atoms with E-state index in [1.54, 1.807) is 60.0 Å². The second-order valence-corrected chi connectivity index (χ2v) is 9.07. The van der Waals surface area contributed by atoms with Crippen molar-refractivity contribution in [3.63, 3.8) is 0 Å². The molecule has 33 heavy (non-hydrogen) atoms. The fraction of sp³-hybridized carbons (Fsp3) is 0.182.